The first kappa shape index (κ1) is 18.0. The highest BCUT2D eigenvalue weighted by molar-refractivity contribution is 5.86. The van der Waals surface area contributed by atoms with Crippen LogP contribution in [0.3, 0.4) is 0 Å². The minimum atomic E-state index is -4.52. The fourth-order valence-electron chi connectivity index (χ4n) is 2.43. The molecule has 3 rings (SSSR count). The first-order valence-electron chi connectivity index (χ1n) is 7.65. The molecule has 0 aliphatic carbocycles. The summed E-state index contributed by atoms with van der Waals surface area (Å²) in [5.41, 5.74) is 0.987. The van der Waals surface area contributed by atoms with E-state index in [0.717, 1.165) is 19.1 Å². The Morgan fingerprint density at radius 3 is 2.54 bits per heavy atom. The molecular weight excluding hydrogens is 355 g/mol. The highest BCUT2D eigenvalue weighted by atomic mass is 19.4. The average Bonchev–Trinajstić information content (AvgIpc) is 2.56. The molecule has 0 unspecified atom stereocenters. The fourth-order valence-corrected chi connectivity index (χ4v) is 2.43. The number of nitrogens with zero attached hydrogens (tertiary/aromatic N) is 2. The van der Waals surface area contributed by atoms with Gasteiger partial charge in [0.05, 0.1) is 6.20 Å². The van der Waals surface area contributed by atoms with E-state index in [1.807, 2.05) is 0 Å². The monoisotopic (exact) mass is 368 g/mol. The molecule has 0 radical (unpaired) electrons. The number of hydrogen-bond donors (Lipinski definition) is 0. The molecule has 1 heterocycles. The van der Waals surface area contributed by atoms with Crippen LogP contribution < -0.4 is 4.74 Å². The predicted molar refractivity (Wildman–Crippen MR) is 84.8 cm³/mol. The van der Waals surface area contributed by atoms with Gasteiger partial charge in [0.1, 0.15) is 11.6 Å². The van der Waals surface area contributed by atoms with Crippen molar-refractivity contribution in [3.8, 4) is 5.88 Å². The number of halogens is 5. The Morgan fingerprint density at radius 1 is 1.08 bits per heavy atom. The molecule has 2 aromatic carbocycles. The second kappa shape index (κ2) is 6.86. The summed E-state index contributed by atoms with van der Waals surface area (Å²) in [5, 5.41) is 8.15. The number of benzene rings is 2. The number of alkyl halides is 3. The molecule has 3 nitrogen and oxygen atoms in total. The summed E-state index contributed by atoms with van der Waals surface area (Å²) in [4.78, 5) is 0. The zero-order valence-electron chi connectivity index (χ0n) is 13.5. The van der Waals surface area contributed by atoms with Gasteiger partial charge in [-0.2, -0.15) is 18.3 Å². The van der Waals surface area contributed by atoms with Gasteiger partial charge in [-0.3, -0.25) is 0 Å². The molecule has 0 saturated heterocycles. The molecule has 1 atom stereocenters. The van der Waals surface area contributed by atoms with E-state index < -0.39 is 23.9 Å². The molecule has 0 bridgehead atoms. The molecule has 3 aromatic rings. The van der Waals surface area contributed by atoms with Crippen LogP contribution in [0, 0.1) is 11.6 Å². The van der Waals surface area contributed by atoms with E-state index in [4.69, 9.17) is 4.74 Å². The Balaban J connectivity index is 1.90. The molecule has 0 amide bonds. The minimum absolute atomic E-state index is 0.194. The number of hydrogen-bond acceptors (Lipinski definition) is 3. The summed E-state index contributed by atoms with van der Waals surface area (Å²) in [5.74, 6) is -1.56. The van der Waals surface area contributed by atoms with E-state index in [-0.39, 0.29) is 12.3 Å². The Morgan fingerprint density at radius 2 is 1.85 bits per heavy atom. The lowest BCUT2D eigenvalue weighted by molar-refractivity contribution is -0.189. The van der Waals surface area contributed by atoms with Gasteiger partial charge in [-0.15, -0.1) is 5.10 Å². The van der Waals surface area contributed by atoms with E-state index in [1.165, 1.54) is 12.3 Å². The molecule has 1 aromatic heterocycles. The van der Waals surface area contributed by atoms with Crippen LogP contribution in [-0.4, -0.2) is 22.5 Å². The van der Waals surface area contributed by atoms with Crippen LogP contribution in [0.5, 0.6) is 5.88 Å². The Kier molecular flexibility index (Phi) is 4.76. The predicted octanol–water partition coefficient (Wildman–Crippen LogP) is 4.83. The van der Waals surface area contributed by atoms with Crippen LogP contribution >= 0.6 is 0 Å². The molecule has 0 saturated carbocycles. The van der Waals surface area contributed by atoms with Gasteiger partial charge in [0, 0.05) is 23.3 Å². The molecule has 0 N–H and O–H groups in total. The first-order valence-corrected chi connectivity index (χ1v) is 7.65. The van der Waals surface area contributed by atoms with Crippen LogP contribution in [0.25, 0.3) is 10.8 Å². The van der Waals surface area contributed by atoms with Crippen molar-refractivity contribution in [3.63, 3.8) is 0 Å². The number of ether oxygens (including phenoxy) is 1. The fraction of sp³-hybridized carbons (Fsp3) is 0.222. The lowest BCUT2D eigenvalue weighted by Gasteiger charge is -2.17. The largest absolute Gasteiger partial charge is 0.463 e. The quantitative estimate of drug-likeness (QED) is 0.619. The molecule has 136 valence electrons. The standard InChI is InChI=1S/C18H13F5N2O/c1-10(18(21,22)23)26-17-15-5-2-11(7-13(15)9-24-25-17)6-12-3-4-14(19)8-16(12)20/h2-5,7-10H,6H2,1H3/t10-/m0/s1. The van der Waals surface area contributed by atoms with E-state index in [1.54, 1.807) is 18.2 Å². The summed E-state index contributed by atoms with van der Waals surface area (Å²) in [7, 11) is 0. The van der Waals surface area contributed by atoms with Gasteiger partial charge in [-0.25, -0.2) is 8.78 Å². The lowest BCUT2D eigenvalue weighted by atomic mass is 10.0. The van der Waals surface area contributed by atoms with E-state index in [0.29, 0.717) is 21.9 Å². The van der Waals surface area contributed by atoms with Crippen molar-refractivity contribution < 1.29 is 26.7 Å². The van der Waals surface area contributed by atoms with Gasteiger partial charge in [0.25, 0.3) is 0 Å². The van der Waals surface area contributed by atoms with Crippen molar-refractivity contribution in [1.82, 2.24) is 10.2 Å². The second-order valence-corrected chi connectivity index (χ2v) is 5.79. The summed E-state index contributed by atoms with van der Waals surface area (Å²) in [6.45, 7) is 0.881. The molecule has 8 heteroatoms. The zero-order chi connectivity index (χ0) is 18.9. The van der Waals surface area contributed by atoms with E-state index in [9.17, 15) is 22.0 Å². The third-order valence-electron chi connectivity index (χ3n) is 3.85. The maximum Gasteiger partial charge on any atom is 0.425 e. The molecule has 0 aliphatic heterocycles. The molecule has 0 aliphatic rings. The van der Waals surface area contributed by atoms with Crippen LogP contribution in [0.2, 0.25) is 0 Å². The summed E-state index contributed by atoms with van der Waals surface area (Å²) < 4.78 is 69.7. The highest BCUT2D eigenvalue weighted by Gasteiger charge is 2.38. The molecular formula is C18H13F5N2O. The highest BCUT2D eigenvalue weighted by Crippen LogP contribution is 2.29. The van der Waals surface area contributed by atoms with Gasteiger partial charge in [-0.05, 0) is 36.2 Å². The normalized spacial score (nSPS) is 13.0. The number of fused-ring (bicyclic) bond motifs is 1. The third kappa shape index (κ3) is 3.89. The van der Waals surface area contributed by atoms with Gasteiger partial charge in [0.2, 0.25) is 5.88 Å². The van der Waals surface area contributed by atoms with Crippen LogP contribution in [0.4, 0.5) is 22.0 Å². The van der Waals surface area contributed by atoms with Gasteiger partial charge in [0.15, 0.2) is 6.10 Å². The maximum absolute atomic E-state index is 13.8. The van der Waals surface area contributed by atoms with Crippen molar-refractivity contribution in [2.75, 3.05) is 0 Å². The third-order valence-corrected chi connectivity index (χ3v) is 3.85. The topological polar surface area (TPSA) is 35.0 Å². The van der Waals surface area contributed by atoms with Crippen molar-refractivity contribution >= 4 is 10.8 Å². The molecule has 0 fully saturated rings. The SMILES string of the molecule is C[C@H](Oc1nncc2cc(Cc3ccc(F)cc3F)ccc12)C(F)(F)F. The number of rotatable bonds is 4. The van der Waals surface area contributed by atoms with Crippen LogP contribution in [0.15, 0.2) is 42.6 Å². The van der Waals surface area contributed by atoms with E-state index in [2.05, 4.69) is 10.2 Å². The molecule has 26 heavy (non-hydrogen) atoms. The summed E-state index contributed by atoms with van der Waals surface area (Å²) >= 11 is 0. The maximum atomic E-state index is 13.8. The van der Waals surface area contributed by atoms with Crippen molar-refractivity contribution in [2.24, 2.45) is 0 Å². The van der Waals surface area contributed by atoms with Crippen LogP contribution in [0.1, 0.15) is 18.1 Å². The zero-order valence-corrected chi connectivity index (χ0v) is 13.5. The minimum Gasteiger partial charge on any atom is -0.463 e. The van der Waals surface area contributed by atoms with Crippen molar-refractivity contribution in [2.45, 2.75) is 25.6 Å². The average molecular weight is 368 g/mol. The smallest absolute Gasteiger partial charge is 0.425 e. The lowest BCUT2D eigenvalue weighted by Crippen LogP contribution is -2.31. The van der Waals surface area contributed by atoms with Gasteiger partial charge in [-0.1, -0.05) is 12.1 Å². The van der Waals surface area contributed by atoms with Gasteiger partial charge >= 0.3 is 6.18 Å². The number of aromatic nitrogens is 2. The van der Waals surface area contributed by atoms with Crippen LogP contribution in [-0.2, 0) is 6.42 Å². The summed E-state index contributed by atoms with van der Waals surface area (Å²) in [6.07, 6.45) is -4.98. The van der Waals surface area contributed by atoms with Crippen molar-refractivity contribution in [1.29, 1.82) is 0 Å². The molecule has 0 spiro atoms. The van der Waals surface area contributed by atoms with Gasteiger partial charge < -0.3 is 4.74 Å². The summed E-state index contributed by atoms with van der Waals surface area (Å²) in [6, 6.07) is 8.12. The van der Waals surface area contributed by atoms with E-state index >= 15 is 0 Å². The second-order valence-electron chi connectivity index (χ2n) is 5.79. The Hall–Kier alpha value is -2.77. The Bertz CT molecular complexity index is 943. The first-order chi connectivity index (χ1) is 12.2. The van der Waals surface area contributed by atoms with Crippen molar-refractivity contribution in [3.05, 3.63) is 65.4 Å². The Labute approximate surface area is 145 Å².